The van der Waals surface area contributed by atoms with Gasteiger partial charge in [0.05, 0.1) is 6.54 Å². The van der Waals surface area contributed by atoms with Gasteiger partial charge in [-0.15, -0.1) is 0 Å². The van der Waals surface area contributed by atoms with Crippen molar-refractivity contribution in [2.24, 2.45) is 0 Å². The van der Waals surface area contributed by atoms with Gasteiger partial charge in [0.25, 0.3) is 5.91 Å². The Balaban J connectivity index is 1.30. The van der Waals surface area contributed by atoms with Gasteiger partial charge < -0.3 is 14.5 Å². The minimum absolute atomic E-state index is 0.0780. The lowest BCUT2D eigenvalue weighted by Crippen LogP contribution is -2.11. The normalized spacial score (nSPS) is 10.5. The molecule has 0 aliphatic rings. The van der Waals surface area contributed by atoms with Crippen LogP contribution in [0.2, 0.25) is 0 Å². The van der Waals surface area contributed by atoms with Crippen LogP contribution in [0.1, 0.15) is 32.2 Å². The van der Waals surface area contributed by atoms with Crippen LogP contribution < -0.4 is 5.32 Å². The molecule has 30 heavy (non-hydrogen) atoms. The SMILES string of the molecule is O=C(Nc1ccccc1)c1ccc(COC(=O)c2ccc(Cn3cccn3)o2)cc1. The molecule has 7 heteroatoms. The van der Waals surface area contributed by atoms with Crippen molar-refractivity contribution in [3.63, 3.8) is 0 Å². The number of anilines is 1. The highest BCUT2D eigenvalue weighted by atomic mass is 16.5. The van der Waals surface area contributed by atoms with Gasteiger partial charge in [-0.1, -0.05) is 30.3 Å². The van der Waals surface area contributed by atoms with Gasteiger partial charge in [0, 0.05) is 23.6 Å². The highest BCUT2D eigenvalue weighted by Crippen LogP contribution is 2.14. The molecule has 2 aromatic heterocycles. The van der Waals surface area contributed by atoms with Gasteiger partial charge in [0.2, 0.25) is 5.76 Å². The molecule has 0 saturated carbocycles. The van der Waals surface area contributed by atoms with Gasteiger partial charge in [0.15, 0.2) is 0 Å². The van der Waals surface area contributed by atoms with Crippen LogP contribution in [0.15, 0.2) is 89.6 Å². The zero-order chi connectivity index (χ0) is 20.8. The maximum atomic E-state index is 12.3. The summed E-state index contributed by atoms with van der Waals surface area (Å²) >= 11 is 0. The molecule has 1 N–H and O–H groups in total. The third kappa shape index (κ3) is 4.82. The standard InChI is InChI=1S/C23H19N3O4/c27-22(25-19-5-2-1-3-6-19)18-9-7-17(8-10-18)16-29-23(28)21-12-11-20(30-21)15-26-14-4-13-24-26/h1-14H,15-16H2,(H,25,27). The maximum Gasteiger partial charge on any atom is 0.374 e. The van der Waals surface area contributed by atoms with Crippen LogP contribution in [-0.4, -0.2) is 21.7 Å². The van der Waals surface area contributed by atoms with Gasteiger partial charge in [-0.25, -0.2) is 4.79 Å². The number of rotatable bonds is 7. The molecule has 0 fully saturated rings. The van der Waals surface area contributed by atoms with E-state index in [4.69, 9.17) is 9.15 Å². The fourth-order valence-corrected chi connectivity index (χ4v) is 2.82. The van der Waals surface area contributed by atoms with E-state index in [2.05, 4.69) is 10.4 Å². The first-order valence-corrected chi connectivity index (χ1v) is 9.36. The third-order valence-electron chi connectivity index (χ3n) is 4.36. The number of carbonyl (C=O) groups is 2. The number of esters is 1. The third-order valence-corrected chi connectivity index (χ3v) is 4.36. The number of aromatic nitrogens is 2. The second-order valence-electron chi connectivity index (χ2n) is 6.56. The lowest BCUT2D eigenvalue weighted by Gasteiger charge is -2.07. The summed E-state index contributed by atoms with van der Waals surface area (Å²) in [6.45, 7) is 0.515. The van der Waals surface area contributed by atoms with Gasteiger partial charge in [-0.3, -0.25) is 9.48 Å². The van der Waals surface area contributed by atoms with Gasteiger partial charge in [0.1, 0.15) is 12.4 Å². The molecule has 2 heterocycles. The Labute approximate surface area is 172 Å². The summed E-state index contributed by atoms with van der Waals surface area (Å²) in [5.41, 5.74) is 2.01. The van der Waals surface area contributed by atoms with Crippen molar-refractivity contribution >= 4 is 17.6 Å². The number of carbonyl (C=O) groups excluding carboxylic acids is 2. The quantitative estimate of drug-likeness (QED) is 0.471. The fourth-order valence-electron chi connectivity index (χ4n) is 2.82. The molecule has 2 aromatic carbocycles. The van der Waals surface area contributed by atoms with E-state index in [1.54, 1.807) is 47.3 Å². The van der Waals surface area contributed by atoms with E-state index in [0.29, 0.717) is 17.9 Å². The smallest absolute Gasteiger partial charge is 0.374 e. The predicted octanol–water partition coefficient (Wildman–Crippen LogP) is 4.13. The number of hydrogen-bond donors (Lipinski definition) is 1. The Morgan fingerprint density at radius 1 is 0.967 bits per heavy atom. The topological polar surface area (TPSA) is 86.4 Å². The van der Waals surface area contributed by atoms with Crippen LogP contribution in [0.25, 0.3) is 0 Å². The highest BCUT2D eigenvalue weighted by molar-refractivity contribution is 6.04. The molecule has 0 saturated heterocycles. The average Bonchev–Trinajstić information content (AvgIpc) is 3.46. The second kappa shape index (κ2) is 8.91. The largest absolute Gasteiger partial charge is 0.455 e. The first kappa shape index (κ1) is 19.2. The van der Waals surface area contributed by atoms with Crippen LogP contribution in [0.5, 0.6) is 0 Å². The van der Waals surface area contributed by atoms with Crippen LogP contribution in [0.4, 0.5) is 5.69 Å². The molecule has 0 unspecified atom stereocenters. The molecule has 7 nitrogen and oxygen atoms in total. The number of furan rings is 1. The Hall–Kier alpha value is -4.13. The van der Waals surface area contributed by atoms with E-state index in [0.717, 1.165) is 11.3 Å². The summed E-state index contributed by atoms with van der Waals surface area (Å²) < 4.78 is 12.5. The molecule has 150 valence electrons. The summed E-state index contributed by atoms with van der Waals surface area (Å²) in [6, 6.07) is 21.2. The molecule has 0 aliphatic carbocycles. The molecule has 1 amide bonds. The van der Waals surface area contributed by atoms with Crippen molar-refractivity contribution in [1.82, 2.24) is 9.78 Å². The van der Waals surface area contributed by atoms with Crippen LogP contribution >= 0.6 is 0 Å². The predicted molar refractivity (Wildman–Crippen MR) is 110 cm³/mol. The van der Waals surface area contributed by atoms with Crippen LogP contribution in [0.3, 0.4) is 0 Å². The molecule has 0 radical (unpaired) electrons. The number of para-hydroxylation sites is 1. The summed E-state index contributed by atoms with van der Waals surface area (Å²) in [7, 11) is 0. The number of nitrogens with one attached hydrogen (secondary N) is 1. The Bertz CT molecular complexity index is 1120. The molecule has 4 rings (SSSR count). The summed E-state index contributed by atoms with van der Waals surface area (Å²) in [6.07, 6.45) is 3.49. The Kier molecular flexibility index (Phi) is 5.70. The minimum atomic E-state index is -0.549. The van der Waals surface area contributed by atoms with E-state index in [9.17, 15) is 9.59 Å². The molecular formula is C23H19N3O4. The summed E-state index contributed by atoms with van der Waals surface area (Å²) in [5.74, 6) is -0.00639. The molecule has 0 spiro atoms. The number of nitrogens with zero attached hydrogens (tertiary/aromatic N) is 2. The van der Waals surface area contributed by atoms with Crippen molar-refractivity contribution in [1.29, 1.82) is 0 Å². The summed E-state index contributed by atoms with van der Waals surface area (Å²) in [5, 5.41) is 6.92. The van der Waals surface area contributed by atoms with Crippen LogP contribution in [0, 0.1) is 0 Å². The van der Waals surface area contributed by atoms with Gasteiger partial charge in [-0.05, 0) is 48.0 Å². The average molecular weight is 401 g/mol. The lowest BCUT2D eigenvalue weighted by atomic mass is 10.1. The first-order chi connectivity index (χ1) is 14.7. The Morgan fingerprint density at radius 3 is 2.50 bits per heavy atom. The zero-order valence-corrected chi connectivity index (χ0v) is 16.0. The van der Waals surface area contributed by atoms with Gasteiger partial charge in [-0.2, -0.15) is 5.10 Å². The first-order valence-electron chi connectivity index (χ1n) is 9.36. The van der Waals surface area contributed by atoms with Crippen molar-refractivity contribution in [3.8, 4) is 0 Å². The molecule has 0 atom stereocenters. The molecule has 0 aliphatic heterocycles. The van der Waals surface area contributed by atoms with Crippen LogP contribution in [-0.2, 0) is 17.9 Å². The molecule has 4 aromatic rings. The van der Waals surface area contributed by atoms with E-state index in [1.165, 1.54) is 0 Å². The van der Waals surface area contributed by atoms with Crippen molar-refractivity contribution < 1.29 is 18.7 Å². The fraction of sp³-hybridized carbons (Fsp3) is 0.0870. The van der Waals surface area contributed by atoms with E-state index >= 15 is 0 Å². The minimum Gasteiger partial charge on any atom is -0.455 e. The Morgan fingerprint density at radius 2 is 1.77 bits per heavy atom. The van der Waals surface area contributed by atoms with Crippen molar-refractivity contribution in [2.75, 3.05) is 5.32 Å². The molecular weight excluding hydrogens is 382 g/mol. The summed E-state index contributed by atoms with van der Waals surface area (Å²) in [4.78, 5) is 24.5. The number of ether oxygens (including phenoxy) is 1. The van der Waals surface area contributed by atoms with Crippen molar-refractivity contribution in [2.45, 2.75) is 13.2 Å². The number of hydrogen-bond acceptors (Lipinski definition) is 5. The van der Waals surface area contributed by atoms with E-state index in [-0.39, 0.29) is 18.3 Å². The lowest BCUT2D eigenvalue weighted by molar-refractivity contribution is 0.0433. The highest BCUT2D eigenvalue weighted by Gasteiger charge is 2.14. The van der Waals surface area contributed by atoms with Gasteiger partial charge >= 0.3 is 5.97 Å². The van der Waals surface area contributed by atoms with E-state index < -0.39 is 5.97 Å². The van der Waals surface area contributed by atoms with Crippen molar-refractivity contribution in [3.05, 3.63) is 108 Å². The number of amides is 1. The monoisotopic (exact) mass is 401 g/mol. The number of benzene rings is 2. The molecule has 0 bridgehead atoms. The zero-order valence-electron chi connectivity index (χ0n) is 16.0. The second-order valence-corrected chi connectivity index (χ2v) is 6.56. The maximum absolute atomic E-state index is 12.3. The van der Waals surface area contributed by atoms with E-state index in [1.807, 2.05) is 42.6 Å².